The van der Waals surface area contributed by atoms with Crippen LogP contribution in [0.5, 0.6) is 0 Å². The molecule has 15 heavy (non-hydrogen) atoms. The zero-order valence-corrected chi connectivity index (χ0v) is 10.2. The fourth-order valence-corrected chi connectivity index (χ4v) is 1.39. The van der Waals surface area contributed by atoms with Crippen LogP contribution in [0.2, 0.25) is 0 Å². The largest absolute Gasteiger partial charge is 0.509 e. The number of hydrogen-bond donors (Lipinski definition) is 0. The third kappa shape index (κ3) is 11.5. The smallest absolute Gasteiger partial charge is 0.434 e. The molecule has 0 unspecified atom stereocenters. The quantitative estimate of drug-likeness (QED) is 0.344. The molecule has 0 aliphatic carbocycles. The van der Waals surface area contributed by atoms with Crippen LogP contribution in [-0.2, 0) is 9.47 Å². The number of ether oxygens (including phenoxy) is 2. The molecule has 0 fully saturated rings. The highest BCUT2D eigenvalue weighted by atomic mass is 35.5. The number of alkyl halides is 1. The van der Waals surface area contributed by atoms with Gasteiger partial charge in [-0.25, -0.2) is 4.79 Å². The van der Waals surface area contributed by atoms with Crippen molar-refractivity contribution in [1.82, 2.24) is 0 Å². The first-order valence-electron chi connectivity index (χ1n) is 5.66. The Morgan fingerprint density at radius 3 is 2.20 bits per heavy atom. The summed E-state index contributed by atoms with van der Waals surface area (Å²) in [7, 11) is 0. The summed E-state index contributed by atoms with van der Waals surface area (Å²) in [5, 5.41) is 0. The Morgan fingerprint density at radius 1 is 1.00 bits per heavy atom. The van der Waals surface area contributed by atoms with E-state index in [0.717, 1.165) is 12.8 Å². The Labute approximate surface area is 97.1 Å². The van der Waals surface area contributed by atoms with Gasteiger partial charge in [0, 0.05) is 0 Å². The summed E-state index contributed by atoms with van der Waals surface area (Å²) in [6, 6.07) is -0.143. The predicted octanol–water partition coefficient (Wildman–Crippen LogP) is 4.09. The van der Waals surface area contributed by atoms with E-state index in [4.69, 9.17) is 16.3 Å². The predicted molar refractivity (Wildman–Crippen MR) is 61.1 cm³/mol. The van der Waals surface area contributed by atoms with E-state index in [1.165, 1.54) is 32.1 Å². The summed E-state index contributed by atoms with van der Waals surface area (Å²) in [6.45, 7) is 2.64. The molecule has 0 aromatic heterocycles. The van der Waals surface area contributed by atoms with Crippen molar-refractivity contribution in [2.45, 2.75) is 51.9 Å². The van der Waals surface area contributed by atoms with Crippen molar-refractivity contribution >= 4 is 17.8 Å². The lowest BCUT2D eigenvalue weighted by molar-refractivity contribution is 0.0664. The molecule has 0 heterocycles. The van der Waals surface area contributed by atoms with Gasteiger partial charge in [-0.1, -0.05) is 57.0 Å². The highest BCUT2D eigenvalue weighted by molar-refractivity contribution is 6.17. The van der Waals surface area contributed by atoms with Crippen LogP contribution in [-0.4, -0.2) is 18.8 Å². The number of rotatable bonds is 9. The first kappa shape index (κ1) is 14.6. The molecular weight excluding hydrogens is 216 g/mol. The first-order chi connectivity index (χ1) is 7.31. The van der Waals surface area contributed by atoms with Crippen LogP contribution in [0, 0.1) is 0 Å². The van der Waals surface area contributed by atoms with Gasteiger partial charge in [0.15, 0.2) is 6.07 Å². The Morgan fingerprint density at radius 2 is 1.60 bits per heavy atom. The van der Waals surface area contributed by atoms with Gasteiger partial charge in [0.2, 0.25) is 0 Å². The zero-order chi connectivity index (χ0) is 11.4. The van der Waals surface area contributed by atoms with Crippen molar-refractivity contribution in [2.24, 2.45) is 0 Å². The van der Waals surface area contributed by atoms with Gasteiger partial charge in [-0.2, -0.15) is 0 Å². The van der Waals surface area contributed by atoms with Crippen LogP contribution in [0.3, 0.4) is 0 Å². The van der Waals surface area contributed by atoms with Gasteiger partial charge in [-0.15, -0.1) is 0 Å². The van der Waals surface area contributed by atoms with Crippen molar-refractivity contribution in [3.8, 4) is 0 Å². The van der Waals surface area contributed by atoms with E-state index in [1.54, 1.807) is 0 Å². The standard InChI is InChI=1S/C11H21ClO3/c1-2-3-4-5-6-7-8-9-14-11(13)15-10-12/h2-10H2,1H3. The van der Waals surface area contributed by atoms with E-state index in [1.807, 2.05) is 0 Å². The van der Waals surface area contributed by atoms with Crippen molar-refractivity contribution < 1.29 is 14.3 Å². The molecule has 0 aromatic carbocycles. The van der Waals surface area contributed by atoms with Crippen LogP contribution in [0.4, 0.5) is 4.79 Å². The number of carbonyl (C=O) groups is 1. The van der Waals surface area contributed by atoms with Crippen molar-refractivity contribution in [3.63, 3.8) is 0 Å². The second kappa shape index (κ2) is 11.6. The third-order valence-electron chi connectivity index (χ3n) is 2.14. The van der Waals surface area contributed by atoms with E-state index < -0.39 is 6.16 Å². The Kier molecular flexibility index (Phi) is 11.3. The molecule has 4 heteroatoms. The molecule has 0 radical (unpaired) electrons. The minimum absolute atomic E-state index is 0.143. The number of hydrogen-bond acceptors (Lipinski definition) is 3. The van der Waals surface area contributed by atoms with Crippen molar-refractivity contribution in [3.05, 3.63) is 0 Å². The minimum Gasteiger partial charge on any atom is -0.434 e. The van der Waals surface area contributed by atoms with Gasteiger partial charge in [0.25, 0.3) is 0 Å². The highest BCUT2D eigenvalue weighted by Gasteiger charge is 2.00. The number of unbranched alkanes of at least 4 members (excludes halogenated alkanes) is 6. The number of carbonyl (C=O) groups excluding carboxylic acids is 1. The maximum Gasteiger partial charge on any atom is 0.509 e. The van der Waals surface area contributed by atoms with Crippen molar-refractivity contribution in [1.29, 1.82) is 0 Å². The summed E-state index contributed by atoms with van der Waals surface area (Å²) in [5.41, 5.74) is 0. The SMILES string of the molecule is CCCCCCCCCOC(=O)OCCl. The van der Waals surface area contributed by atoms with Gasteiger partial charge in [0.05, 0.1) is 6.61 Å². The molecule has 0 spiro atoms. The lowest BCUT2D eigenvalue weighted by Gasteiger charge is -2.03. The summed E-state index contributed by atoms with van der Waals surface area (Å²) in [6.07, 6.45) is 7.74. The molecule has 3 nitrogen and oxygen atoms in total. The molecule has 0 bridgehead atoms. The van der Waals surface area contributed by atoms with E-state index >= 15 is 0 Å². The van der Waals surface area contributed by atoms with Gasteiger partial charge in [-0.05, 0) is 6.42 Å². The summed E-state index contributed by atoms with van der Waals surface area (Å²) < 4.78 is 9.17. The summed E-state index contributed by atoms with van der Waals surface area (Å²) in [4.78, 5) is 10.7. The number of halogens is 1. The Balaban J connectivity index is 3.01. The lowest BCUT2D eigenvalue weighted by Crippen LogP contribution is -2.07. The normalized spacial score (nSPS) is 10.0. The monoisotopic (exact) mass is 236 g/mol. The molecule has 0 atom stereocenters. The topological polar surface area (TPSA) is 35.5 Å². The lowest BCUT2D eigenvalue weighted by atomic mass is 10.1. The third-order valence-corrected chi connectivity index (χ3v) is 2.25. The van der Waals surface area contributed by atoms with Crippen LogP contribution in [0.25, 0.3) is 0 Å². The molecule has 0 rings (SSSR count). The van der Waals surface area contributed by atoms with E-state index in [-0.39, 0.29) is 6.07 Å². The second-order valence-electron chi connectivity index (χ2n) is 3.47. The van der Waals surface area contributed by atoms with Gasteiger partial charge >= 0.3 is 6.16 Å². The fourth-order valence-electron chi connectivity index (χ4n) is 1.30. The first-order valence-corrected chi connectivity index (χ1v) is 6.20. The van der Waals surface area contributed by atoms with Gasteiger partial charge < -0.3 is 9.47 Å². The molecule has 0 amide bonds. The average molecular weight is 237 g/mol. The molecule has 0 saturated heterocycles. The van der Waals surface area contributed by atoms with Gasteiger partial charge in [0.1, 0.15) is 0 Å². The maximum atomic E-state index is 10.7. The average Bonchev–Trinajstić information content (AvgIpc) is 2.22. The molecule has 90 valence electrons. The second-order valence-corrected chi connectivity index (χ2v) is 3.69. The van der Waals surface area contributed by atoms with E-state index in [9.17, 15) is 4.79 Å². The highest BCUT2D eigenvalue weighted by Crippen LogP contribution is 2.06. The summed E-state index contributed by atoms with van der Waals surface area (Å²) >= 11 is 5.18. The van der Waals surface area contributed by atoms with Crippen LogP contribution < -0.4 is 0 Å². The maximum absolute atomic E-state index is 10.7. The molecule has 0 aliphatic rings. The Bertz CT molecular complexity index is 151. The van der Waals surface area contributed by atoms with E-state index in [2.05, 4.69) is 11.7 Å². The van der Waals surface area contributed by atoms with Crippen molar-refractivity contribution in [2.75, 3.05) is 12.7 Å². The molecule has 0 N–H and O–H groups in total. The molecular formula is C11H21ClO3. The fraction of sp³-hybridized carbons (Fsp3) is 0.909. The minimum atomic E-state index is -0.670. The Hall–Kier alpha value is -0.440. The van der Waals surface area contributed by atoms with Gasteiger partial charge in [-0.3, -0.25) is 0 Å². The van der Waals surface area contributed by atoms with Crippen LogP contribution in [0.1, 0.15) is 51.9 Å². The molecule has 0 saturated carbocycles. The summed E-state index contributed by atoms with van der Waals surface area (Å²) in [5.74, 6) is 0. The molecule has 0 aromatic rings. The zero-order valence-electron chi connectivity index (χ0n) is 9.47. The van der Waals surface area contributed by atoms with Crippen LogP contribution >= 0.6 is 11.6 Å². The molecule has 0 aliphatic heterocycles. The van der Waals surface area contributed by atoms with Crippen LogP contribution in [0.15, 0.2) is 0 Å². The van der Waals surface area contributed by atoms with E-state index in [0.29, 0.717) is 6.61 Å².